The van der Waals surface area contributed by atoms with Gasteiger partial charge >= 0.3 is 0 Å². The first-order chi connectivity index (χ1) is 8.16. The normalized spacial score (nSPS) is 33.2. The van der Waals surface area contributed by atoms with Crippen LogP contribution in [0.25, 0.3) is 0 Å². The molecule has 2 saturated heterocycles. The summed E-state index contributed by atoms with van der Waals surface area (Å²) in [6.07, 6.45) is 5.62. The van der Waals surface area contributed by atoms with Crippen molar-refractivity contribution in [2.75, 3.05) is 26.2 Å². The number of rotatable bonds is 3. The minimum atomic E-state index is 0.749. The second kappa shape index (κ2) is 6.19. The second-order valence-corrected chi connectivity index (χ2v) is 6.56. The van der Waals surface area contributed by atoms with Crippen molar-refractivity contribution in [2.45, 2.75) is 52.5 Å². The zero-order valence-electron chi connectivity index (χ0n) is 11.9. The molecule has 17 heavy (non-hydrogen) atoms. The standard InChI is InChI=1S/C15H30N2/c1-12(2)14-6-9-17(10-7-14)11-15-13(3)5-4-8-16-15/h12-16H,4-11H2,1-3H3. The Morgan fingerprint density at radius 3 is 2.47 bits per heavy atom. The number of piperidine rings is 2. The SMILES string of the molecule is CC(C)C1CCN(CC2NCCCC2C)CC1. The van der Waals surface area contributed by atoms with Crippen LogP contribution in [-0.4, -0.2) is 37.1 Å². The van der Waals surface area contributed by atoms with Crippen LogP contribution >= 0.6 is 0 Å². The van der Waals surface area contributed by atoms with E-state index in [4.69, 9.17) is 0 Å². The van der Waals surface area contributed by atoms with Gasteiger partial charge < -0.3 is 10.2 Å². The lowest BCUT2D eigenvalue weighted by Crippen LogP contribution is -2.49. The molecular weight excluding hydrogens is 208 g/mol. The van der Waals surface area contributed by atoms with Crippen molar-refractivity contribution < 1.29 is 0 Å². The molecule has 0 aromatic heterocycles. The van der Waals surface area contributed by atoms with E-state index in [2.05, 4.69) is 31.0 Å². The highest BCUT2D eigenvalue weighted by Crippen LogP contribution is 2.25. The Labute approximate surface area is 107 Å². The van der Waals surface area contributed by atoms with E-state index in [9.17, 15) is 0 Å². The molecule has 0 aromatic carbocycles. The van der Waals surface area contributed by atoms with E-state index in [-0.39, 0.29) is 0 Å². The minimum Gasteiger partial charge on any atom is -0.312 e. The van der Waals surface area contributed by atoms with Crippen LogP contribution in [0.2, 0.25) is 0 Å². The van der Waals surface area contributed by atoms with Crippen molar-refractivity contribution in [3.05, 3.63) is 0 Å². The van der Waals surface area contributed by atoms with Gasteiger partial charge in [-0.1, -0.05) is 20.8 Å². The molecule has 2 nitrogen and oxygen atoms in total. The van der Waals surface area contributed by atoms with Gasteiger partial charge in [-0.05, 0) is 63.1 Å². The third-order valence-corrected chi connectivity index (χ3v) is 4.96. The summed E-state index contributed by atoms with van der Waals surface area (Å²) in [5, 5.41) is 3.71. The number of nitrogens with one attached hydrogen (secondary N) is 1. The predicted octanol–water partition coefficient (Wildman–Crippen LogP) is 2.74. The maximum Gasteiger partial charge on any atom is 0.0220 e. The van der Waals surface area contributed by atoms with E-state index in [0.29, 0.717) is 0 Å². The first kappa shape index (κ1) is 13.4. The van der Waals surface area contributed by atoms with E-state index in [0.717, 1.165) is 23.8 Å². The Morgan fingerprint density at radius 1 is 1.18 bits per heavy atom. The summed E-state index contributed by atoms with van der Waals surface area (Å²) in [4.78, 5) is 2.69. The van der Waals surface area contributed by atoms with Gasteiger partial charge in [-0.3, -0.25) is 0 Å². The Hall–Kier alpha value is -0.0800. The summed E-state index contributed by atoms with van der Waals surface area (Å²) >= 11 is 0. The van der Waals surface area contributed by atoms with E-state index in [1.165, 1.54) is 51.9 Å². The molecule has 2 aliphatic heterocycles. The first-order valence-electron chi connectivity index (χ1n) is 7.62. The largest absolute Gasteiger partial charge is 0.312 e. The molecule has 0 amide bonds. The molecule has 0 saturated carbocycles. The highest BCUT2D eigenvalue weighted by Gasteiger charge is 2.26. The number of hydrogen-bond acceptors (Lipinski definition) is 2. The maximum atomic E-state index is 3.71. The fourth-order valence-corrected chi connectivity index (χ4v) is 3.44. The quantitative estimate of drug-likeness (QED) is 0.813. The average molecular weight is 238 g/mol. The van der Waals surface area contributed by atoms with Gasteiger partial charge in [0.25, 0.3) is 0 Å². The van der Waals surface area contributed by atoms with Crippen molar-refractivity contribution in [3.63, 3.8) is 0 Å². The highest BCUT2D eigenvalue weighted by atomic mass is 15.2. The molecule has 2 heterocycles. The molecule has 2 heteroatoms. The molecule has 2 unspecified atom stereocenters. The van der Waals surface area contributed by atoms with Crippen LogP contribution in [0.3, 0.4) is 0 Å². The molecule has 2 fully saturated rings. The van der Waals surface area contributed by atoms with Crippen LogP contribution < -0.4 is 5.32 Å². The van der Waals surface area contributed by atoms with Crippen molar-refractivity contribution in [1.29, 1.82) is 0 Å². The molecule has 0 spiro atoms. The summed E-state index contributed by atoms with van der Waals surface area (Å²) in [5.74, 6) is 2.72. The van der Waals surface area contributed by atoms with Crippen molar-refractivity contribution >= 4 is 0 Å². The van der Waals surface area contributed by atoms with E-state index in [1.54, 1.807) is 0 Å². The van der Waals surface area contributed by atoms with Crippen molar-refractivity contribution in [2.24, 2.45) is 17.8 Å². The van der Waals surface area contributed by atoms with Crippen LogP contribution in [0.15, 0.2) is 0 Å². The van der Waals surface area contributed by atoms with Gasteiger partial charge in [0.1, 0.15) is 0 Å². The van der Waals surface area contributed by atoms with Gasteiger partial charge in [0.2, 0.25) is 0 Å². The van der Waals surface area contributed by atoms with Crippen LogP contribution in [0.1, 0.15) is 46.5 Å². The number of hydrogen-bond donors (Lipinski definition) is 1. The van der Waals surface area contributed by atoms with Gasteiger partial charge in [0.15, 0.2) is 0 Å². The Bertz CT molecular complexity index is 219. The Morgan fingerprint density at radius 2 is 1.88 bits per heavy atom. The molecule has 100 valence electrons. The Balaban J connectivity index is 1.73. The zero-order valence-corrected chi connectivity index (χ0v) is 11.9. The molecule has 0 aliphatic carbocycles. The summed E-state index contributed by atoms with van der Waals surface area (Å²) in [6, 6.07) is 0.749. The van der Waals surface area contributed by atoms with Gasteiger partial charge in [-0.25, -0.2) is 0 Å². The third kappa shape index (κ3) is 3.69. The van der Waals surface area contributed by atoms with Gasteiger partial charge in [-0.2, -0.15) is 0 Å². The van der Waals surface area contributed by atoms with Gasteiger partial charge in [-0.15, -0.1) is 0 Å². The molecule has 2 aliphatic rings. The van der Waals surface area contributed by atoms with E-state index >= 15 is 0 Å². The molecule has 2 rings (SSSR count). The van der Waals surface area contributed by atoms with Crippen molar-refractivity contribution in [1.82, 2.24) is 10.2 Å². The lowest BCUT2D eigenvalue weighted by Gasteiger charge is -2.39. The van der Waals surface area contributed by atoms with Gasteiger partial charge in [0, 0.05) is 12.6 Å². The zero-order chi connectivity index (χ0) is 12.3. The maximum absolute atomic E-state index is 3.71. The summed E-state index contributed by atoms with van der Waals surface area (Å²) in [6.45, 7) is 12.3. The molecule has 0 bridgehead atoms. The molecule has 2 atom stereocenters. The number of likely N-dealkylation sites (tertiary alicyclic amines) is 1. The minimum absolute atomic E-state index is 0.749. The van der Waals surface area contributed by atoms with Crippen molar-refractivity contribution in [3.8, 4) is 0 Å². The van der Waals surface area contributed by atoms with E-state index < -0.39 is 0 Å². The van der Waals surface area contributed by atoms with Crippen LogP contribution in [0.5, 0.6) is 0 Å². The first-order valence-corrected chi connectivity index (χ1v) is 7.62. The lowest BCUT2D eigenvalue weighted by molar-refractivity contribution is 0.127. The molecular formula is C15H30N2. The smallest absolute Gasteiger partial charge is 0.0220 e. The summed E-state index contributed by atoms with van der Waals surface area (Å²) < 4.78 is 0. The molecule has 0 radical (unpaired) electrons. The molecule has 1 N–H and O–H groups in total. The van der Waals surface area contributed by atoms with Gasteiger partial charge in [0.05, 0.1) is 0 Å². The highest BCUT2D eigenvalue weighted by molar-refractivity contribution is 4.83. The monoisotopic (exact) mass is 238 g/mol. The Kier molecular flexibility index (Phi) is 4.87. The topological polar surface area (TPSA) is 15.3 Å². The summed E-state index contributed by atoms with van der Waals surface area (Å²) in [7, 11) is 0. The fourth-order valence-electron chi connectivity index (χ4n) is 3.44. The fraction of sp³-hybridized carbons (Fsp3) is 1.00. The third-order valence-electron chi connectivity index (χ3n) is 4.96. The summed E-state index contributed by atoms with van der Waals surface area (Å²) in [5.41, 5.74) is 0. The number of nitrogens with zero attached hydrogens (tertiary/aromatic N) is 1. The average Bonchev–Trinajstić information content (AvgIpc) is 2.33. The van der Waals surface area contributed by atoms with E-state index in [1.807, 2.05) is 0 Å². The second-order valence-electron chi connectivity index (χ2n) is 6.56. The predicted molar refractivity (Wildman–Crippen MR) is 74.2 cm³/mol. The van der Waals surface area contributed by atoms with Crippen LogP contribution in [0, 0.1) is 17.8 Å². The van der Waals surface area contributed by atoms with Crippen LogP contribution in [-0.2, 0) is 0 Å². The lowest BCUT2D eigenvalue weighted by atomic mass is 9.86. The molecule has 0 aromatic rings. The van der Waals surface area contributed by atoms with Crippen LogP contribution in [0.4, 0.5) is 0 Å².